The summed E-state index contributed by atoms with van der Waals surface area (Å²) in [4.78, 5) is 0. The number of fused-ring (bicyclic) bond motifs is 1. The van der Waals surface area contributed by atoms with E-state index in [0.717, 1.165) is 4.57 Å². The first kappa shape index (κ1) is 16.1. The largest absolute Gasteiger partial charge is 0.407 e. The summed E-state index contributed by atoms with van der Waals surface area (Å²) >= 11 is 0. The van der Waals surface area contributed by atoms with Gasteiger partial charge in [0.25, 0.3) is 0 Å². The quantitative estimate of drug-likeness (QED) is 0.853. The number of halogens is 6. The number of aromatic nitrogens is 3. The van der Waals surface area contributed by atoms with E-state index in [-0.39, 0.29) is 24.8 Å². The second-order valence-corrected chi connectivity index (χ2v) is 5.26. The summed E-state index contributed by atoms with van der Waals surface area (Å²) in [6.07, 6.45) is -10.9. The molecule has 1 aromatic heterocycles. The van der Waals surface area contributed by atoms with E-state index < -0.39 is 30.1 Å². The molecule has 0 spiro atoms. The zero-order valence-electron chi connectivity index (χ0n) is 11.3. The van der Waals surface area contributed by atoms with E-state index in [9.17, 15) is 26.3 Å². The van der Waals surface area contributed by atoms with Crippen molar-refractivity contribution in [1.82, 2.24) is 20.1 Å². The number of nitrogens with zero attached hydrogens (tertiary/aromatic N) is 3. The molecule has 2 rings (SSSR count). The first-order valence-electron chi connectivity index (χ1n) is 6.33. The summed E-state index contributed by atoms with van der Waals surface area (Å²) in [5.41, 5.74) is 0. The van der Waals surface area contributed by atoms with E-state index in [4.69, 9.17) is 0 Å². The summed E-state index contributed by atoms with van der Waals surface area (Å²) in [6, 6.07) is -0.415. The minimum absolute atomic E-state index is 0.0243. The van der Waals surface area contributed by atoms with Crippen molar-refractivity contribution in [2.75, 3.05) is 6.54 Å². The molecule has 0 saturated heterocycles. The maximum absolute atomic E-state index is 12.8. The van der Waals surface area contributed by atoms with Gasteiger partial charge in [-0.15, -0.1) is 10.2 Å². The topological polar surface area (TPSA) is 42.7 Å². The minimum Gasteiger partial charge on any atom is -0.312 e. The molecule has 4 nitrogen and oxygen atoms in total. The first-order valence-corrected chi connectivity index (χ1v) is 6.33. The van der Waals surface area contributed by atoms with Gasteiger partial charge in [-0.3, -0.25) is 0 Å². The van der Waals surface area contributed by atoms with Crippen LogP contribution in [0.25, 0.3) is 0 Å². The van der Waals surface area contributed by atoms with Gasteiger partial charge in [-0.25, -0.2) is 0 Å². The van der Waals surface area contributed by atoms with Crippen LogP contribution in [-0.2, 0) is 6.54 Å². The fourth-order valence-electron chi connectivity index (χ4n) is 2.44. The van der Waals surface area contributed by atoms with Gasteiger partial charge in [0.1, 0.15) is 0 Å². The minimum atomic E-state index is -5.46. The molecule has 120 valence electrons. The molecular weight excluding hydrogens is 302 g/mol. The normalized spacial score (nSPS) is 20.2. The Bertz CT molecular complexity index is 490. The van der Waals surface area contributed by atoms with Crippen LogP contribution in [0.2, 0.25) is 0 Å². The Kier molecular flexibility index (Phi) is 3.94. The molecule has 21 heavy (non-hydrogen) atoms. The Morgan fingerprint density at radius 3 is 2.14 bits per heavy atom. The van der Waals surface area contributed by atoms with Gasteiger partial charge in [-0.2, -0.15) is 26.3 Å². The van der Waals surface area contributed by atoms with Crippen molar-refractivity contribution in [3.05, 3.63) is 11.6 Å². The molecule has 0 saturated carbocycles. The van der Waals surface area contributed by atoms with Crippen LogP contribution in [-0.4, -0.2) is 33.7 Å². The van der Waals surface area contributed by atoms with Gasteiger partial charge in [0.2, 0.25) is 5.92 Å². The highest BCUT2D eigenvalue weighted by molar-refractivity contribution is 5.12. The molecule has 0 aliphatic carbocycles. The van der Waals surface area contributed by atoms with Crippen molar-refractivity contribution in [1.29, 1.82) is 0 Å². The van der Waals surface area contributed by atoms with E-state index in [0.29, 0.717) is 0 Å². The summed E-state index contributed by atoms with van der Waals surface area (Å²) in [6.45, 7) is 3.84. The Labute approximate surface area is 116 Å². The van der Waals surface area contributed by atoms with Crippen LogP contribution in [0.4, 0.5) is 26.3 Å². The summed E-state index contributed by atoms with van der Waals surface area (Å²) < 4.78 is 77.7. The molecule has 0 amide bonds. The highest BCUT2D eigenvalue weighted by Gasteiger charge is 2.60. The Morgan fingerprint density at radius 1 is 1.10 bits per heavy atom. The smallest absolute Gasteiger partial charge is 0.312 e. The molecule has 10 heteroatoms. The van der Waals surface area contributed by atoms with Crippen LogP contribution in [0, 0.1) is 5.92 Å². The SMILES string of the molecule is CC(C)C1NCCn2c1nnc2C(C(F)(F)F)C(F)(F)F. The van der Waals surface area contributed by atoms with E-state index in [1.165, 1.54) is 0 Å². The molecule has 1 unspecified atom stereocenters. The van der Waals surface area contributed by atoms with Gasteiger partial charge in [-0.1, -0.05) is 13.8 Å². The van der Waals surface area contributed by atoms with Crippen molar-refractivity contribution in [3.63, 3.8) is 0 Å². The molecule has 1 aromatic rings. The second-order valence-electron chi connectivity index (χ2n) is 5.26. The highest BCUT2D eigenvalue weighted by atomic mass is 19.4. The summed E-state index contributed by atoms with van der Waals surface area (Å²) in [7, 11) is 0. The number of hydrogen-bond acceptors (Lipinski definition) is 3. The third kappa shape index (κ3) is 2.99. The van der Waals surface area contributed by atoms with Gasteiger partial charge < -0.3 is 9.88 Å². The molecule has 0 fully saturated rings. The number of hydrogen-bond donors (Lipinski definition) is 1. The van der Waals surface area contributed by atoms with Crippen molar-refractivity contribution in [3.8, 4) is 0 Å². The molecule has 2 heterocycles. The maximum Gasteiger partial charge on any atom is 0.407 e. The van der Waals surface area contributed by atoms with Crippen LogP contribution in [0.3, 0.4) is 0 Å². The fraction of sp³-hybridized carbons (Fsp3) is 0.818. The standard InChI is InChI=1S/C11H14F6N4/c1-5(2)6-8-19-20-9(21(8)4-3-18-6)7(10(12,13)14)11(15,16)17/h5-7,18H,3-4H2,1-2H3. The predicted octanol–water partition coefficient (Wildman–Crippen LogP) is 2.79. The van der Waals surface area contributed by atoms with E-state index in [1.54, 1.807) is 13.8 Å². The third-order valence-corrected chi connectivity index (χ3v) is 3.37. The number of nitrogens with one attached hydrogen (secondary N) is 1. The van der Waals surface area contributed by atoms with Crippen LogP contribution >= 0.6 is 0 Å². The monoisotopic (exact) mass is 316 g/mol. The molecule has 1 N–H and O–H groups in total. The van der Waals surface area contributed by atoms with Crippen molar-refractivity contribution >= 4 is 0 Å². The number of alkyl halides is 6. The van der Waals surface area contributed by atoms with Gasteiger partial charge in [0.15, 0.2) is 11.6 Å². The van der Waals surface area contributed by atoms with E-state index in [2.05, 4.69) is 15.5 Å². The molecule has 1 aliphatic heterocycles. The Balaban J connectivity index is 2.50. The van der Waals surface area contributed by atoms with E-state index >= 15 is 0 Å². The van der Waals surface area contributed by atoms with Gasteiger partial charge >= 0.3 is 12.4 Å². The van der Waals surface area contributed by atoms with Crippen molar-refractivity contribution < 1.29 is 26.3 Å². The van der Waals surface area contributed by atoms with E-state index in [1.807, 2.05) is 0 Å². The van der Waals surface area contributed by atoms with Crippen LogP contribution in [0.5, 0.6) is 0 Å². The first-order chi connectivity index (χ1) is 9.53. The lowest BCUT2D eigenvalue weighted by atomic mass is 10.0. The van der Waals surface area contributed by atoms with Gasteiger partial charge in [0.05, 0.1) is 6.04 Å². The van der Waals surface area contributed by atoms with Crippen molar-refractivity contribution in [2.24, 2.45) is 5.92 Å². The molecular formula is C11H14F6N4. The average Bonchev–Trinajstić information content (AvgIpc) is 2.68. The lowest BCUT2D eigenvalue weighted by Crippen LogP contribution is -2.40. The molecule has 0 bridgehead atoms. The second kappa shape index (κ2) is 5.15. The molecule has 1 atom stereocenters. The molecule has 1 aliphatic rings. The lowest BCUT2D eigenvalue weighted by molar-refractivity contribution is -0.256. The maximum atomic E-state index is 12.8. The average molecular weight is 316 g/mol. The summed E-state index contributed by atoms with van der Waals surface area (Å²) in [5.74, 6) is -4.62. The lowest BCUT2D eigenvalue weighted by Gasteiger charge is -2.29. The zero-order chi connectivity index (χ0) is 16.0. The van der Waals surface area contributed by atoms with Crippen molar-refractivity contribution in [2.45, 2.75) is 44.7 Å². The molecule has 0 radical (unpaired) electrons. The van der Waals surface area contributed by atoms with Crippen LogP contribution in [0.15, 0.2) is 0 Å². The zero-order valence-corrected chi connectivity index (χ0v) is 11.3. The Hall–Kier alpha value is -1.32. The number of rotatable bonds is 2. The summed E-state index contributed by atoms with van der Waals surface area (Å²) in [5, 5.41) is 9.77. The van der Waals surface area contributed by atoms with Gasteiger partial charge in [0, 0.05) is 13.1 Å². The Morgan fingerprint density at radius 2 is 1.67 bits per heavy atom. The fourth-order valence-corrected chi connectivity index (χ4v) is 2.44. The van der Waals surface area contributed by atoms with Crippen LogP contribution in [0.1, 0.15) is 37.5 Å². The highest BCUT2D eigenvalue weighted by Crippen LogP contribution is 2.46. The molecule has 0 aromatic carbocycles. The van der Waals surface area contributed by atoms with Crippen LogP contribution < -0.4 is 5.32 Å². The third-order valence-electron chi connectivity index (χ3n) is 3.37. The van der Waals surface area contributed by atoms with Gasteiger partial charge in [-0.05, 0) is 5.92 Å². The predicted molar refractivity (Wildman–Crippen MR) is 60.5 cm³/mol.